The van der Waals surface area contributed by atoms with Gasteiger partial charge in [-0.05, 0) is 25.8 Å². The first-order valence-corrected chi connectivity index (χ1v) is 4.28. The Kier molecular flexibility index (Phi) is 1.61. The molecule has 64 valence electrons. The highest BCUT2D eigenvalue weighted by atomic mass is 14.9. The lowest BCUT2D eigenvalue weighted by molar-refractivity contribution is 0.541. The summed E-state index contributed by atoms with van der Waals surface area (Å²) in [5, 5.41) is 0. The van der Waals surface area contributed by atoms with Gasteiger partial charge >= 0.3 is 0 Å². The van der Waals surface area contributed by atoms with Crippen LogP contribution in [0, 0.1) is 0 Å². The predicted octanol–water partition coefficient (Wildman–Crippen LogP) is 0.855. The Balaban J connectivity index is 2.31. The van der Waals surface area contributed by atoms with E-state index in [1.807, 2.05) is 6.07 Å². The molecule has 3 heteroatoms. The Labute approximate surface area is 72.0 Å². The molecule has 2 N–H and O–H groups in total. The minimum Gasteiger partial charge on any atom is -0.327 e. The lowest BCUT2D eigenvalue weighted by atomic mass is 9.94. The van der Waals surface area contributed by atoms with Crippen molar-refractivity contribution < 1.29 is 0 Å². The number of hydrogen-bond donors (Lipinski definition) is 1. The molecule has 1 fully saturated rings. The third-order valence-corrected chi connectivity index (χ3v) is 2.75. The molecule has 0 radical (unpaired) electrons. The van der Waals surface area contributed by atoms with Gasteiger partial charge in [0.2, 0.25) is 0 Å². The van der Waals surface area contributed by atoms with Crippen molar-refractivity contribution in [2.45, 2.75) is 31.2 Å². The monoisotopic (exact) mass is 163 g/mol. The molecule has 1 atom stereocenters. The first-order valence-electron chi connectivity index (χ1n) is 4.28. The van der Waals surface area contributed by atoms with E-state index >= 15 is 0 Å². The normalized spacial score (nSPS) is 21.8. The molecule has 1 aliphatic rings. The van der Waals surface area contributed by atoms with Crippen LogP contribution in [0.4, 0.5) is 0 Å². The fourth-order valence-corrected chi connectivity index (χ4v) is 1.66. The number of nitrogens with two attached hydrogens (primary N) is 1. The first-order chi connectivity index (χ1) is 5.76. The van der Waals surface area contributed by atoms with E-state index in [2.05, 4.69) is 16.9 Å². The Hall–Kier alpha value is -0.960. The fourth-order valence-electron chi connectivity index (χ4n) is 1.66. The minimum atomic E-state index is 0.170. The van der Waals surface area contributed by atoms with Gasteiger partial charge in [-0.1, -0.05) is 0 Å². The average Bonchev–Trinajstić information content (AvgIpc) is 2.86. The number of hydrogen-bond acceptors (Lipinski definition) is 3. The van der Waals surface area contributed by atoms with E-state index in [9.17, 15) is 0 Å². The van der Waals surface area contributed by atoms with Crippen molar-refractivity contribution >= 4 is 0 Å². The van der Waals surface area contributed by atoms with E-state index in [1.54, 1.807) is 12.5 Å². The summed E-state index contributed by atoms with van der Waals surface area (Å²) < 4.78 is 0. The third kappa shape index (κ3) is 1.01. The topological polar surface area (TPSA) is 51.8 Å². The highest BCUT2D eigenvalue weighted by molar-refractivity contribution is 5.25. The number of rotatable bonds is 2. The number of aromatic nitrogens is 2. The summed E-state index contributed by atoms with van der Waals surface area (Å²) >= 11 is 0. The van der Waals surface area contributed by atoms with E-state index in [0.29, 0.717) is 0 Å². The summed E-state index contributed by atoms with van der Waals surface area (Å²) in [4.78, 5) is 8.14. The van der Waals surface area contributed by atoms with E-state index in [4.69, 9.17) is 5.73 Å². The molecule has 0 aromatic carbocycles. The highest BCUT2D eigenvalue weighted by Crippen LogP contribution is 2.49. The standard InChI is InChI=1S/C9H13N3/c1-7(10)9(3-4-9)8-2-5-11-6-12-8/h2,5-7H,3-4,10H2,1H3. The highest BCUT2D eigenvalue weighted by Gasteiger charge is 2.48. The molecule has 0 aliphatic heterocycles. The molecular formula is C9H13N3. The molecule has 0 amide bonds. The maximum absolute atomic E-state index is 5.90. The van der Waals surface area contributed by atoms with Gasteiger partial charge in [0.05, 0.1) is 5.69 Å². The fraction of sp³-hybridized carbons (Fsp3) is 0.556. The molecule has 1 aromatic heterocycles. The third-order valence-electron chi connectivity index (χ3n) is 2.75. The molecule has 1 saturated carbocycles. The quantitative estimate of drug-likeness (QED) is 0.703. The smallest absolute Gasteiger partial charge is 0.115 e. The lowest BCUT2D eigenvalue weighted by Crippen LogP contribution is -2.32. The minimum absolute atomic E-state index is 0.170. The van der Waals surface area contributed by atoms with Crippen LogP contribution >= 0.6 is 0 Å². The van der Waals surface area contributed by atoms with Crippen LogP contribution < -0.4 is 5.73 Å². The molecule has 0 bridgehead atoms. The second kappa shape index (κ2) is 2.52. The lowest BCUT2D eigenvalue weighted by Gasteiger charge is -2.17. The van der Waals surface area contributed by atoms with E-state index in [0.717, 1.165) is 5.69 Å². The van der Waals surface area contributed by atoms with Crippen LogP contribution in [-0.4, -0.2) is 16.0 Å². The van der Waals surface area contributed by atoms with Gasteiger partial charge in [-0.15, -0.1) is 0 Å². The van der Waals surface area contributed by atoms with Crippen LogP contribution in [0.5, 0.6) is 0 Å². The Morgan fingerprint density at radius 3 is 2.75 bits per heavy atom. The van der Waals surface area contributed by atoms with Gasteiger partial charge in [-0.3, -0.25) is 0 Å². The molecule has 1 aromatic rings. The van der Waals surface area contributed by atoms with Gasteiger partial charge in [0.25, 0.3) is 0 Å². The van der Waals surface area contributed by atoms with Crippen LogP contribution in [0.25, 0.3) is 0 Å². The van der Waals surface area contributed by atoms with Crippen LogP contribution in [0.1, 0.15) is 25.5 Å². The SMILES string of the molecule is CC(N)C1(c2ccncn2)CC1. The molecule has 1 unspecified atom stereocenters. The van der Waals surface area contributed by atoms with Crippen molar-refractivity contribution in [3.8, 4) is 0 Å². The molecule has 1 aliphatic carbocycles. The average molecular weight is 163 g/mol. The summed E-state index contributed by atoms with van der Waals surface area (Å²) in [7, 11) is 0. The van der Waals surface area contributed by atoms with Gasteiger partial charge in [0.15, 0.2) is 0 Å². The van der Waals surface area contributed by atoms with Crippen LogP contribution in [0.2, 0.25) is 0 Å². The molecule has 0 spiro atoms. The summed E-state index contributed by atoms with van der Waals surface area (Å²) in [5.74, 6) is 0. The van der Waals surface area contributed by atoms with Crippen LogP contribution in [-0.2, 0) is 5.41 Å². The molecule has 1 heterocycles. The second-order valence-corrected chi connectivity index (χ2v) is 3.54. The molecular weight excluding hydrogens is 150 g/mol. The maximum Gasteiger partial charge on any atom is 0.115 e. The van der Waals surface area contributed by atoms with Crippen LogP contribution in [0.3, 0.4) is 0 Å². The van der Waals surface area contributed by atoms with E-state index < -0.39 is 0 Å². The largest absolute Gasteiger partial charge is 0.327 e. The Morgan fingerprint density at radius 2 is 2.33 bits per heavy atom. The van der Waals surface area contributed by atoms with Gasteiger partial charge in [-0.2, -0.15) is 0 Å². The number of nitrogens with zero attached hydrogens (tertiary/aromatic N) is 2. The Bertz CT molecular complexity index is 264. The summed E-state index contributed by atoms with van der Waals surface area (Å²) in [6.45, 7) is 2.05. The summed E-state index contributed by atoms with van der Waals surface area (Å²) in [5.41, 5.74) is 7.18. The van der Waals surface area contributed by atoms with Crippen LogP contribution in [0.15, 0.2) is 18.6 Å². The van der Waals surface area contributed by atoms with Crippen molar-refractivity contribution in [2.75, 3.05) is 0 Å². The van der Waals surface area contributed by atoms with E-state index in [-0.39, 0.29) is 11.5 Å². The molecule has 2 rings (SSSR count). The van der Waals surface area contributed by atoms with Gasteiger partial charge in [0, 0.05) is 17.7 Å². The summed E-state index contributed by atoms with van der Waals surface area (Å²) in [6.07, 6.45) is 5.71. The zero-order valence-corrected chi connectivity index (χ0v) is 7.20. The maximum atomic E-state index is 5.90. The van der Waals surface area contributed by atoms with Gasteiger partial charge < -0.3 is 5.73 Å². The zero-order valence-electron chi connectivity index (χ0n) is 7.20. The first kappa shape index (κ1) is 7.68. The zero-order chi connectivity index (χ0) is 8.60. The molecule has 0 saturated heterocycles. The van der Waals surface area contributed by atoms with Gasteiger partial charge in [0.1, 0.15) is 6.33 Å². The van der Waals surface area contributed by atoms with Crippen molar-refractivity contribution in [1.29, 1.82) is 0 Å². The molecule has 12 heavy (non-hydrogen) atoms. The summed E-state index contributed by atoms with van der Waals surface area (Å²) in [6, 6.07) is 2.17. The van der Waals surface area contributed by atoms with Crippen molar-refractivity contribution in [3.05, 3.63) is 24.3 Å². The second-order valence-electron chi connectivity index (χ2n) is 3.54. The van der Waals surface area contributed by atoms with Crippen molar-refractivity contribution in [1.82, 2.24) is 9.97 Å². The van der Waals surface area contributed by atoms with Crippen molar-refractivity contribution in [3.63, 3.8) is 0 Å². The van der Waals surface area contributed by atoms with Crippen molar-refractivity contribution in [2.24, 2.45) is 5.73 Å². The van der Waals surface area contributed by atoms with E-state index in [1.165, 1.54) is 12.8 Å². The Morgan fingerprint density at radius 1 is 1.58 bits per heavy atom. The van der Waals surface area contributed by atoms with Gasteiger partial charge in [-0.25, -0.2) is 9.97 Å². The molecule has 3 nitrogen and oxygen atoms in total. The predicted molar refractivity (Wildman–Crippen MR) is 46.6 cm³/mol.